The number of hydrogen-bond acceptors (Lipinski definition) is 2. The predicted molar refractivity (Wildman–Crippen MR) is 57.9 cm³/mol. The summed E-state index contributed by atoms with van der Waals surface area (Å²) in [5.41, 5.74) is 0. The average molecular weight is 283 g/mol. The van der Waals surface area contributed by atoms with Crippen molar-refractivity contribution in [3.63, 3.8) is 0 Å². The van der Waals surface area contributed by atoms with Crippen LogP contribution in [0.4, 0.5) is 0 Å². The molecule has 2 nitrogen and oxygen atoms in total. The first-order valence-corrected chi connectivity index (χ1v) is 4.41. The minimum absolute atomic E-state index is 0. The molecular formula is C11H15BrMgO2. The Morgan fingerprint density at radius 1 is 1.33 bits per heavy atom. The second kappa shape index (κ2) is 9.30. The van der Waals surface area contributed by atoms with Crippen molar-refractivity contribution in [2.24, 2.45) is 5.92 Å². The van der Waals surface area contributed by atoms with Gasteiger partial charge in [-0.1, -0.05) is 13.8 Å². The van der Waals surface area contributed by atoms with Crippen LogP contribution in [0.5, 0.6) is 11.5 Å². The topological polar surface area (TPSA) is 18.5 Å². The van der Waals surface area contributed by atoms with Crippen molar-refractivity contribution in [3.05, 3.63) is 24.3 Å². The molecular weight excluding hydrogens is 268 g/mol. The molecule has 0 unspecified atom stereocenters. The molecule has 0 radical (unpaired) electrons. The van der Waals surface area contributed by atoms with Crippen molar-refractivity contribution in [2.75, 3.05) is 13.7 Å². The van der Waals surface area contributed by atoms with Crippen molar-refractivity contribution in [2.45, 2.75) is 13.8 Å². The number of ether oxygens (including phenoxy) is 2. The molecule has 15 heavy (non-hydrogen) atoms. The van der Waals surface area contributed by atoms with Gasteiger partial charge in [0.05, 0.1) is 13.7 Å². The molecule has 0 saturated heterocycles. The van der Waals surface area contributed by atoms with E-state index in [1.165, 1.54) is 0 Å². The molecule has 0 aliphatic carbocycles. The van der Waals surface area contributed by atoms with Crippen LogP contribution in [0.3, 0.4) is 0 Å². The van der Waals surface area contributed by atoms with E-state index in [0.717, 1.165) is 18.1 Å². The van der Waals surface area contributed by atoms with Gasteiger partial charge in [0, 0.05) is 11.5 Å². The number of benzene rings is 1. The first kappa shape index (κ1) is 17.5. The zero-order chi connectivity index (χ0) is 9.68. The summed E-state index contributed by atoms with van der Waals surface area (Å²) in [5.74, 6) is 2.11. The summed E-state index contributed by atoms with van der Waals surface area (Å²) in [6, 6.07) is 8.50. The number of methoxy groups -OCH3 is 1. The Hall–Kier alpha value is 0.0662. The molecule has 0 heterocycles. The summed E-state index contributed by atoms with van der Waals surface area (Å²) in [4.78, 5) is 0. The van der Waals surface area contributed by atoms with E-state index in [2.05, 4.69) is 19.9 Å². The average Bonchev–Trinajstić information content (AvgIpc) is 2.15. The number of rotatable bonds is 4. The van der Waals surface area contributed by atoms with E-state index in [4.69, 9.17) is 9.47 Å². The van der Waals surface area contributed by atoms with Crippen LogP contribution in [-0.2, 0) is 0 Å². The van der Waals surface area contributed by atoms with Gasteiger partial charge in [-0.05, 0) is 5.92 Å². The van der Waals surface area contributed by atoms with E-state index in [1.54, 1.807) is 13.2 Å². The van der Waals surface area contributed by atoms with Crippen LogP contribution < -0.4 is 26.5 Å². The molecule has 0 amide bonds. The van der Waals surface area contributed by atoms with E-state index in [9.17, 15) is 0 Å². The van der Waals surface area contributed by atoms with E-state index < -0.39 is 0 Å². The zero-order valence-electron chi connectivity index (χ0n) is 9.42. The summed E-state index contributed by atoms with van der Waals surface area (Å²) < 4.78 is 10.5. The Bertz CT molecular complexity index is 249. The Morgan fingerprint density at radius 2 is 2.00 bits per heavy atom. The van der Waals surface area contributed by atoms with Gasteiger partial charge in [-0.2, -0.15) is 0 Å². The molecule has 0 bridgehead atoms. The van der Waals surface area contributed by atoms with Gasteiger partial charge in [0.25, 0.3) is 0 Å². The molecule has 0 atom stereocenters. The van der Waals surface area contributed by atoms with Crippen molar-refractivity contribution < 1.29 is 26.5 Å². The van der Waals surface area contributed by atoms with Gasteiger partial charge in [0.15, 0.2) is 0 Å². The Labute approximate surface area is 118 Å². The Balaban J connectivity index is 0. The minimum Gasteiger partial charge on any atom is -1.00 e. The molecule has 1 rings (SSSR count). The third kappa shape index (κ3) is 7.03. The maximum atomic E-state index is 5.46. The molecule has 1 aromatic carbocycles. The molecule has 0 aliphatic heterocycles. The van der Waals surface area contributed by atoms with E-state index in [0.29, 0.717) is 5.92 Å². The Morgan fingerprint density at radius 3 is 2.40 bits per heavy atom. The second-order valence-corrected chi connectivity index (χ2v) is 3.30. The molecule has 0 spiro atoms. The molecule has 0 N–H and O–H groups in total. The van der Waals surface area contributed by atoms with Crippen LogP contribution in [0.25, 0.3) is 0 Å². The maximum Gasteiger partial charge on any atom is 2.00 e. The van der Waals surface area contributed by atoms with Crippen LogP contribution in [0.15, 0.2) is 18.2 Å². The summed E-state index contributed by atoms with van der Waals surface area (Å²) in [5, 5.41) is 0. The van der Waals surface area contributed by atoms with Crippen LogP contribution in [0, 0.1) is 12.0 Å². The van der Waals surface area contributed by atoms with Crippen molar-refractivity contribution in [1.29, 1.82) is 0 Å². The van der Waals surface area contributed by atoms with Crippen molar-refractivity contribution in [3.8, 4) is 11.5 Å². The quantitative estimate of drug-likeness (QED) is 0.530. The van der Waals surface area contributed by atoms with Crippen molar-refractivity contribution >= 4 is 23.1 Å². The van der Waals surface area contributed by atoms with Gasteiger partial charge in [-0.25, -0.2) is 0 Å². The van der Waals surface area contributed by atoms with Crippen LogP contribution in [0.2, 0.25) is 0 Å². The fourth-order valence-corrected chi connectivity index (χ4v) is 0.869. The molecule has 4 heteroatoms. The van der Waals surface area contributed by atoms with Gasteiger partial charge in [0.1, 0.15) is 0 Å². The van der Waals surface area contributed by atoms with E-state index in [-0.39, 0.29) is 40.0 Å². The second-order valence-electron chi connectivity index (χ2n) is 3.30. The van der Waals surface area contributed by atoms with Gasteiger partial charge in [-0.3, -0.25) is 0 Å². The summed E-state index contributed by atoms with van der Waals surface area (Å²) in [6.07, 6.45) is 0. The maximum absolute atomic E-state index is 5.46. The number of halogens is 1. The van der Waals surface area contributed by atoms with Crippen molar-refractivity contribution in [1.82, 2.24) is 0 Å². The monoisotopic (exact) mass is 282 g/mol. The normalized spacial score (nSPS) is 8.80. The SMILES string of the molecule is COc1c[c-]c(OCC(C)C)cc1.[Br-].[Mg+2]. The summed E-state index contributed by atoms with van der Waals surface area (Å²) in [7, 11) is 1.64. The third-order valence-corrected chi connectivity index (χ3v) is 1.56. The molecule has 1 aromatic rings. The van der Waals surface area contributed by atoms with Crippen LogP contribution in [-0.4, -0.2) is 36.8 Å². The standard InChI is InChI=1S/C11H15O2.BrH.Mg/c1-9(2)8-13-11-6-4-10(12-3)5-7-11;;/h4-6,9H,8H2,1-3H3;1H;/q-1;;+2/p-1. The summed E-state index contributed by atoms with van der Waals surface area (Å²) >= 11 is 0. The molecule has 0 aliphatic rings. The molecule has 0 fully saturated rings. The largest absolute Gasteiger partial charge is 2.00 e. The zero-order valence-corrected chi connectivity index (χ0v) is 12.4. The Kier molecular flexibility index (Phi) is 10.8. The predicted octanol–water partition coefficient (Wildman–Crippen LogP) is -0.847. The summed E-state index contributed by atoms with van der Waals surface area (Å²) in [6.45, 7) is 4.95. The fraction of sp³-hybridized carbons (Fsp3) is 0.455. The van der Waals surface area contributed by atoms with Gasteiger partial charge in [-0.15, -0.1) is 24.3 Å². The minimum atomic E-state index is 0. The number of hydrogen-bond donors (Lipinski definition) is 0. The third-order valence-electron chi connectivity index (χ3n) is 1.56. The van der Waals surface area contributed by atoms with Gasteiger partial charge < -0.3 is 26.5 Å². The van der Waals surface area contributed by atoms with E-state index >= 15 is 0 Å². The fourth-order valence-electron chi connectivity index (χ4n) is 0.869. The van der Waals surface area contributed by atoms with Gasteiger partial charge >= 0.3 is 23.1 Å². The van der Waals surface area contributed by atoms with E-state index in [1.807, 2.05) is 12.1 Å². The van der Waals surface area contributed by atoms with Gasteiger partial charge in [0.2, 0.25) is 0 Å². The van der Waals surface area contributed by atoms with Crippen LogP contribution in [0.1, 0.15) is 13.8 Å². The molecule has 0 aromatic heterocycles. The molecule has 80 valence electrons. The first-order valence-electron chi connectivity index (χ1n) is 4.41. The van der Waals surface area contributed by atoms with Crippen LogP contribution >= 0.6 is 0 Å². The smallest absolute Gasteiger partial charge is 1.00 e. The first-order chi connectivity index (χ1) is 6.22. The molecule has 0 saturated carbocycles.